The number of rotatable bonds is 7. The number of hydrogen-bond acceptors (Lipinski definition) is 8. The van der Waals surface area contributed by atoms with Crippen LogP contribution in [-0.2, 0) is 11.2 Å². The number of likely N-dealkylation sites (tertiary alicyclic amines) is 1. The van der Waals surface area contributed by atoms with Crippen molar-refractivity contribution in [2.24, 2.45) is 5.92 Å². The van der Waals surface area contributed by atoms with E-state index < -0.39 is 0 Å². The standard InChI is InChI=1S/C24H30ClN7O3/c1-4-22(33)28-19-14-26-18(12-20(19)31-9-7-30(2)8-10-31)24(34)32-6-5-16(15-32)11-21-27-13-17(25)23(29-21)35-3/h4,12-14,16H,1,5-11,15H2,2-3H3,(H,28,33)/t16-/m0/s1. The van der Waals surface area contributed by atoms with Gasteiger partial charge in [-0.25, -0.2) is 9.97 Å². The molecule has 1 atom stereocenters. The van der Waals surface area contributed by atoms with Crippen LogP contribution in [0.2, 0.25) is 5.02 Å². The molecule has 2 aromatic heterocycles. The van der Waals surface area contributed by atoms with Gasteiger partial charge in [0, 0.05) is 45.7 Å². The highest BCUT2D eigenvalue weighted by Crippen LogP contribution is 2.29. The molecule has 0 radical (unpaired) electrons. The van der Waals surface area contributed by atoms with E-state index in [9.17, 15) is 9.59 Å². The second kappa shape index (κ2) is 11.0. The number of anilines is 2. The van der Waals surface area contributed by atoms with E-state index in [1.807, 2.05) is 4.90 Å². The van der Waals surface area contributed by atoms with Gasteiger partial charge in [-0.15, -0.1) is 0 Å². The van der Waals surface area contributed by atoms with Crippen molar-refractivity contribution in [1.82, 2.24) is 24.8 Å². The maximum absolute atomic E-state index is 13.3. The largest absolute Gasteiger partial charge is 0.480 e. The number of nitrogens with zero attached hydrogens (tertiary/aromatic N) is 6. The van der Waals surface area contributed by atoms with Crippen molar-refractivity contribution in [3.63, 3.8) is 0 Å². The Morgan fingerprint density at radius 1 is 1.23 bits per heavy atom. The molecule has 0 spiro atoms. The molecule has 2 saturated heterocycles. The molecule has 2 fully saturated rings. The van der Waals surface area contributed by atoms with Gasteiger partial charge in [-0.3, -0.25) is 9.59 Å². The van der Waals surface area contributed by atoms with Crippen molar-refractivity contribution in [2.45, 2.75) is 12.8 Å². The number of nitrogens with one attached hydrogen (secondary N) is 1. The molecule has 10 nitrogen and oxygen atoms in total. The highest BCUT2D eigenvalue weighted by atomic mass is 35.5. The highest BCUT2D eigenvalue weighted by molar-refractivity contribution is 6.31. The maximum Gasteiger partial charge on any atom is 0.272 e. The SMILES string of the molecule is C=CC(=O)Nc1cnc(C(=O)N2CC[C@@H](Cc3ncc(Cl)c(OC)n3)C2)cc1N1CCN(C)CC1. The summed E-state index contributed by atoms with van der Waals surface area (Å²) in [5.74, 6) is 0.784. The predicted molar refractivity (Wildman–Crippen MR) is 134 cm³/mol. The number of ether oxygens (including phenoxy) is 1. The molecule has 0 aliphatic carbocycles. The molecule has 1 N–H and O–H groups in total. The van der Waals surface area contributed by atoms with Crippen molar-refractivity contribution in [3.8, 4) is 5.88 Å². The van der Waals surface area contributed by atoms with Gasteiger partial charge in [-0.05, 0) is 31.5 Å². The summed E-state index contributed by atoms with van der Waals surface area (Å²) < 4.78 is 5.18. The average Bonchev–Trinajstić information content (AvgIpc) is 3.34. The van der Waals surface area contributed by atoms with Crippen LogP contribution in [0.15, 0.2) is 31.1 Å². The Labute approximate surface area is 209 Å². The molecule has 2 aromatic rings. The third-order valence-electron chi connectivity index (χ3n) is 6.39. The van der Waals surface area contributed by atoms with Crippen molar-refractivity contribution < 1.29 is 14.3 Å². The first-order chi connectivity index (χ1) is 16.9. The van der Waals surface area contributed by atoms with E-state index in [2.05, 4.69) is 43.7 Å². The third kappa shape index (κ3) is 5.88. The molecule has 35 heavy (non-hydrogen) atoms. The number of amides is 2. The smallest absolute Gasteiger partial charge is 0.272 e. The van der Waals surface area contributed by atoms with E-state index in [1.54, 1.807) is 12.3 Å². The fourth-order valence-corrected chi connectivity index (χ4v) is 4.55. The van der Waals surface area contributed by atoms with Crippen LogP contribution in [0.3, 0.4) is 0 Å². The van der Waals surface area contributed by atoms with Gasteiger partial charge < -0.3 is 24.8 Å². The quantitative estimate of drug-likeness (QED) is 0.578. The molecule has 0 unspecified atom stereocenters. The fraction of sp³-hybridized carbons (Fsp3) is 0.458. The van der Waals surface area contributed by atoms with Gasteiger partial charge in [-0.2, -0.15) is 4.98 Å². The zero-order valence-corrected chi connectivity index (χ0v) is 20.8. The van der Waals surface area contributed by atoms with E-state index in [0.717, 1.165) is 38.3 Å². The van der Waals surface area contributed by atoms with Gasteiger partial charge >= 0.3 is 0 Å². The maximum atomic E-state index is 13.3. The van der Waals surface area contributed by atoms with Crippen LogP contribution in [0.4, 0.5) is 11.4 Å². The van der Waals surface area contributed by atoms with Crippen LogP contribution in [0.25, 0.3) is 0 Å². The second-order valence-electron chi connectivity index (χ2n) is 8.82. The lowest BCUT2D eigenvalue weighted by molar-refractivity contribution is -0.111. The van der Waals surface area contributed by atoms with Crippen LogP contribution in [-0.4, -0.2) is 90.0 Å². The highest BCUT2D eigenvalue weighted by Gasteiger charge is 2.29. The molecule has 0 bridgehead atoms. The first kappa shape index (κ1) is 24.9. The number of halogens is 1. The van der Waals surface area contributed by atoms with Crippen LogP contribution in [0.5, 0.6) is 5.88 Å². The van der Waals surface area contributed by atoms with Crippen molar-refractivity contribution in [2.75, 3.05) is 63.6 Å². The first-order valence-electron chi connectivity index (χ1n) is 11.6. The van der Waals surface area contributed by atoms with E-state index in [4.69, 9.17) is 16.3 Å². The molecule has 2 aliphatic rings. The lowest BCUT2D eigenvalue weighted by Gasteiger charge is -2.35. The summed E-state index contributed by atoms with van der Waals surface area (Å²) in [5.41, 5.74) is 1.73. The summed E-state index contributed by atoms with van der Waals surface area (Å²) >= 11 is 6.03. The van der Waals surface area contributed by atoms with Gasteiger partial charge in [0.1, 0.15) is 16.5 Å². The summed E-state index contributed by atoms with van der Waals surface area (Å²) in [7, 11) is 3.60. The number of piperazine rings is 1. The minimum Gasteiger partial charge on any atom is -0.480 e. The van der Waals surface area contributed by atoms with Crippen molar-refractivity contribution in [3.05, 3.63) is 47.7 Å². The van der Waals surface area contributed by atoms with E-state index in [0.29, 0.717) is 47.6 Å². The number of hydrogen-bond donors (Lipinski definition) is 1. The monoisotopic (exact) mass is 499 g/mol. The van der Waals surface area contributed by atoms with Gasteiger partial charge in [0.25, 0.3) is 5.91 Å². The Morgan fingerprint density at radius 3 is 2.71 bits per heavy atom. The normalized spacial score (nSPS) is 18.4. The Balaban J connectivity index is 1.48. The van der Waals surface area contributed by atoms with Crippen LogP contribution < -0.4 is 15.0 Å². The summed E-state index contributed by atoms with van der Waals surface area (Å²) in [6.07, 6.45) is 5.79. The Morgan fingerprint density at radius 2 is 2.00 bits per heavy atom. The second-order valence-corrected chi connectivity index (χ2v) is 9.23. The molecular formula is C24H30ClN7O3. The van der Waals surface area contributed by atoms with Crippen molar-refractivity contribution >= 4 is 34.8 Å². The Hall–Kier alpha value is -3.24. The van der Waals surface area contributed by atoms with Gasteiger partial charge in [-0.1, -0.05) is 18.2 Å². The topological polar surface area (TPSA) is 104 Å². The molecule has 0 saturated carbocycles. The van der Waals surface area contributed by atoms with Crippen LogP contribution >= 0.6 is 11.6 Å². The lowest BCUT2D eigenvalue weighted by atomic mass is 10.0. The first-order valence-corrected chi connectivity index (χ1v) is 12.0. The summed E-state index contributed by atoms with van der Waals surface area (Å²) in [6, 6.07) is 1.78. The number of carbonyl (C=O) groups excluding carboxylic acids is 2. The number of likely N-dealkylation sites (N-methyl/N-ethyl adjacent to an activating group) is 1. The van der Waals surface area contributed by atoms with Crippen LogP contribution in [0, 0.1) is 5.92 Å². The van der Waals surface area contributed by atoms with E-state index in [1.165, 1.54) is 19.4 Å². The van der Waals surface area contributed by atoms with Gasteiger partial charge in [0.2, 0.25) is 11.8 Å². The predicted octanol–water partition coefficient (Wildman–Crippen LogP) is 2.11. The molecule has 4 rings (SSSR count). The number of methoxy groups -OCH3 is 1. The minimum atomic E-state index is -0.315. The molecule has 11 heteroatoms. The minimum absolute atomic E-state index is 0.126. The average molecular weight is 500 g/mol. The molecule has 0 aromatic carbocycles. The molecule has 4 heterocycles. The van der Waals surface area contributed by atoms with Gasteiger partial charge in [0.15, 0.2) is 0 Å². The van der Waals surface area contributed by atoms with E-state index >= 15 is 0 Å². The molecular weight excluding hydrogens is 470 g/mol. The summed E-state index contributed by atoms with van der Waals surface area (Å²) in [6.45, 7) is 8.12. The van der Waals surface area contributed by atoms with Crippen molar-refractivity contribution in [1.29, 1.82) is 0 Å². The number of pyridine rings is 1. The fourth-order valence-electron chi connectivity index (χ4n) is 4.38. The summed E-state index contributed by atoms with van der Waals surface area (Å²) in [5, 5.41) is 3.19. The van der Waals surface area contributed by atoms with Crippen LogP contribution in [0.1, 0.15) is 22.7 Å². The summed E-state index contributed by atoms with van der Waals surface area (Å²) in [4.78, 5) is 44.6. The van der Waals surface area contributed by atoms with Gasteiger partial charge in [0.05, 0.1) is 30.9 Å². The zero-order chi connectivity index (χ0) is 24.9. The Bertz CT molecular complexity index is 1100. The zero-order valence-electron chi connectivity index (χ0n) is 20.0. The van der Waals surface area contributed by atoms with E-state index in [-0.39, 0.29) is 17.7 Å². The third-order valence-corrected chi connectivity index (χ3v) is 6.65. The molecule has 2 aliphatic heterocycles. The molecule has 186 valence electrons. The number of carbonyl (C=O) groups is 2. The molecule has 2 amide bonds. The Kier molecular flexibility index (Phi) is 7.82. The number of aromatic nitrogens is 3. The lowest BCUT2D eigenvalue weighted by Crippen LogP contribution is -2.45.